The minimum atomic E-state index is -0.360. The molecule has 1 heterocycles. The van der Waals surface area contributed by atoms with Crippen LogP contribution >= 0.6 is 23.4 Å². The third-order valence-electron chi connectivity index (χ3n) is 4.75. The van der Waals surface area contributed by atoms with E-state index in [-0.39, 0.29) is 11.2 Å². The van der Waals surface area contributed by atoms with Crippen LogP contribution in [0.2, 0.25) is 5.02 Å². The smallest absolute Gasteiger partial charge is 0.237 e. The lowest BCUT2D eigenvalue weighted by Gasteiger charge is -2.20. The summed E-state index contributed by atoms with van der Waals surface area (Å²) < 4.78 is 1.55. The zero-order valence-corrected chi connectivity index (χ0v) is 16.6. The fourth-order valence-corrected chi connectivity index (χ4v) is 4.09. The topological polar surface area (TPSA) is 85.8 Å². The molecule has 0 spiro atoms. The summed E-state index contributed by atoms with van der Waals surface area (Å²) in [7, 11) is 0. The molecule has 1 atom stereocenters. The number of aryl methyl sites for hydroxylation is 1. The molecule has 1 aromatic heterocycles. The lowest BCUT2D eigenvalue weighted by Crippen LogP contribution is -2.24. The summed E-state index contributed by atoms with van der Waals surface area (Å²) >= 11 is 7.42. The van der Waals surface area contributed by atoms with Gasteiger partial charge in [-0.15, -0.1) is 10.2 Å². The Morgan fingerprint density at radius 1 is 1.35 bits per heavy atom. The minimum Gasteiger partial charge on any atom is -0.336 e. The van der Waals surface area contributed by atoms with Gasteiger partial charge < -0.3 is 11.2 Å². The first-order valence-electron chi connectivity index (χ1n) is 8.89. The fraction of sp³-hybridized carbons (Fsp3) is 0.500. The number of halogens is 1. The Morgan fingerprint density at radius 3 is 2.77 bits per heavy atom. The molecule has 0 saturated heterocycles. The van der Waals surface area contributed by atoms with Crippen LogP contribution in [0.4, 0.5) is 5.69 Å². The van der Waals surface area contributed by atoms with Gasteiger partial charge in [0.1, 0.15) is 0 Å². The van der Waals surface area contributed by atoms with Crippen LogP contribution in [0.25, 0.3) is 0 Å². The highest BCUT2D eigenvalue weighted by atomic mass is 35.5. The average Bonchev–Trinajstić information content (AvgIpc) is 2.99. The highest BCUT2D eigenvalue weighted by Crippen LogP contribution is 2.33. The number of thioether (sulfide) groups is 1. The van der Waals surface area contributed by atoms with Crippen LogP contribution < -0.4 is 11.2 Å². The third kappa shape index (κ3) is 4.32. The van der Waals surface area contributed by atoms with Crippen molar-refractivity contribution in [3.63, 3.8) is 0 Å². The number of nitrogens with zero attached hydrogens (tertiary/aromatic N) is 3. The van der Waals surface area contributed by atoms with Gasteiger partial charge >= 0.3 is 0 Å². The Labute approximate surface area is 162 Å². The molecule has 1 fully saturated rings. The van der Waals surface area contributed by atoms with Crippen molar-refractivity contribution >= 4 is 35.0 Å². The fourth-order valence-electron chi connectivity index (χ4n) is 3.13. The normalized spacial score (nSPS) is 16.4. The predicted octanol–water partition coefficient (Wildman–Crippen LogP) is 4.12. The van der Waals surface area contributed by atoms with Crippen molar-refractivity contribution in [1.29, 1.82) is 0 Å². The number of nitrogen functional groups attached to an aromatic ring is 1. The molecular weight excluding hydrogens is 370 g/mol. The van der Waals surface area contributed by atoms with Gasteiger partial charge in [-0.1, -0.05) is 48.7 Å². The van der Waals surface area contributed by atoms with E-state index in [0.29, 0.717) is 21.8 Å². The summed E-state index contributed by atoms with van der Waals surface area (Å²) in [5.41, 5.74) is 1.65. The quantitative estimate of drug-likeness (QED) is 0.589. The molecule has 1 aliphatic carbocycles. The van der Waals surface area contributed by atoms with Gasteiger partial charge in [0.05, 0.1) is 5.25 Å². The number of carbonyl (C=O) groups excluding carboxylic acids is 1. The molecule has 1 saturated carbocycles. The second-order valence-corrected chi connectivity index (χ2v) is 8.47. The molecule has 1 aliphatic rings. The van der Waals surface area contributed by atoms with Crippen LogP contribution in [0.5, 0.6) is 0 Å². The third-order valence-corrected chi connectivity index (χ3v) is 6.22. The van der Waals surface area contributed by atoms with E-state index in [2.05, 4.69) is 15.5 Å². The van der Waals surface area contributed by atoms with E-state index < -0.39 is 0 Å². The van der Waals surface area contributed by atoms with Crippen molar-refractivity contribution < 1.29 is 4.79 Å². The summed E-state index contributed by atoms with van der Waals surface area (Å²) in [5, 5.41) is 12.2. The predicted molar refractivity (Wildman–Crippen MR) is 106 cm³/mol. The first-order valence-corrected chi connectivity index (χ1v) is 10.2. The Bertz CT molecular complexity index is 788. The molecule has 6 nitrogen and oxygen atoms in total. The molecule has 0 bridgehead atoms. The SMILES string of the molecule is Cc1ccc(NC(=O)[C@@H](C)Sc2nnc(C3CCCCC3)n2N)cc1Cl. The summed E-state index contributed by atoms with van der Waals surface area (Å²) in [6, 6.07) is 5.46. The van der Waals surface area contributed by atoms with E-state index in [1.165, 1.54) is 31.0 Å². The van der Waals surface area contributed by atoms with E-state index in [9.17, 15) is 4.79 Å². The van der Waals surface area contributed by atoms with Gasteiger partial charge in [-0.2, -0.15) is 0 Å². The molecule has 3 rings (SSSR count). The molecule has 0 radical (unpaired) electrons. The largest absolute Gasteiger partial charge is 0.336 e. The lowest BCUT2D eigenvalue weighted by molar-refractivity contribution is -0.115. The molecule has 0 unspecified atom stereocenters. The number of rotatable bonds is 5. The number of aromatic nitrogens is 3. The Hall–Kier alpha value is -1.73. The number of amides is 1. The van der Waals surface area contributed by atoms with E-state index >= 15 is 0 Å². The summed E-state index contributed by atoms with van der Waals surface area (Å²) in [4.78, 5) is 12.5. The van der Waals surface area contributed by atoms with Crippen LogP contribution in [-0.2, 0) is 4.79 Å². The van der Waals surface area contributed by atoms with Crippen molar-refractivity contribution in [2.45, 2.75) is 62.3 Å². The number of benzene rings is 1. The van der Waals surface area contributed by atoms with Crippen LogP contribution in [0.3, 0.4) is 0 Å². The van der Waals surface area contributed by atoms with Crippen LogP contribution in [0.15, 0.2) is 23.4 Å². The van der Waals surface area contributed by atoms with Crippen molar-refractivity contribution in [2.75, 3.05) is 11.2 Å². The highest BCUT2D eigenvalue weighted by Gasteiger charge is 2.24. The molecule has 1 amide bonds. The number of nitrogens with one attached hydrogen (secondary N) is 1. The zero-order valence-electron chi connectivity index (χ0n) is 15.0. The number of hydrogen-bond donors (Lipinski definition) is 2. The van der Waals surface area contributed by atoms with Gasteiger partial charge in [0, 0.05) is 16.6 Å². The molecule has 140 valence electrons. The van der Waals surface area contributed by atoms with Gasteiger partial charge in [0.15, 0.2) is 5.82 Å². The first kappa shape index (κ1) is 19.0. The number of hydrogen-bond acceptors (Lipinski definition) is 5. The molecule has 26 heavy (non-hydrogen) atoms. The molecule has 0 aliphatic heterocycles. The van der Waals surface area contributed by atoms with E-state index in [1.54, 1.807) is 10.7 Å². The number of nitrogens with two attached hydrogens (primary N) is 1. The Balaban J connectivity index is 1.63. The summed E-state index contributed by atoms with van der Waals surface area (Å²) in [6.07, 6.45) is 5.89. The Morgan fingerprint density at radius 2 is 2.08 bits per heavy atom. The van der Waals surface area contributed by atoms with Crippen molar-refractivity contribution in [1.82, 2.24) is 14.9 Å². The molecule has 2 aromatic rings. The minimum absolute atomic E-state index is 0.128. The van der Waals surface area contributed by atoms with Gasteiger partial charge in [0.2, 0.25) is 11.1 Å². The Kier molecular flexibility index (Phi) is 6.09. The standard InChI is InChI=1S/C18H24ClN5OS/c1-11-8-9-14(10-15(11)19)21-17(25)12(2)26-18-23-22-16(24(18)20)13-6-4-3-5-7-13/h8-10,12-13H,3-7,20H2,1-2H3,(H,21,25)/t12-/m1/s1. The van der Waals surface area contributed by atoms with E-state index in [0.717, 1.165) is 24.2 Å². The second kappa shape index (κ2) is 8.31. The van der Waals surface area contributed by atoms with Crippen LogP contribution in [0.1, 0.15) is 56.3 Å². The summed E-state index contributed by atoms with van der Waals surface area (Å²) in [6.45, 7) is 3.75. The first-order chi connectivity index (χ1) is 12.5. The second-order valence-electron chi connectivity index (χ2n) is 6.76. The van der Waals surface area contributed by atoms with E-state index in [4.69, 9.17) is 17.4 Å². The molecule has 3 N–H and O–H groups in total. The lowest BCUT2D eigenvalue weighted by atomic mass is 9.89. The molecule has 8 heteroatoms. The van der Waals surface area contributed by atoms with Crippen molar-refractivity contribution in [3.05, 3.63) is 34.6 Å². The maximum absolute atomic E-state index is 12.5. The zero-order chi connectivity index (χ0) is 18.7. The van der Waals surface area contributed by atoms with Gasteiger partial charge in [-0.05, 0) is 44.4 Å². The van der Waals surface area contributed by atoms with Crippen LogP contribution in [0, 0.1) is 6.92 Å². The maximum atomic E-state index is 12.5. The molecule has 1 aromatic carbocycles. The average molecular weight is 394 g/mol. The number of carbonyl (C=O) groups is 1. The van der Waals surface area contributed by atoms with Gasteiger partial charge in [-0.25, -0.2) is 4.68 Å². The monoisotopic (exact) mass is 393 g/mol. The van der Waals surface area contributed by atoms with Gasteiger partial charge in [0.25, 0.3) is 0 Å². The van der Waals surface area contributed by atoms with Gasteiger partial charge in [-0.3, -0.25) is 4.79 Å². The van der Waals surface area contributed by atoms with Crippen LogP contribution in [-0.4, -0.2) is 26.0 Å². The molecular formula is C18H24ClN5OS. The maximum Gasteiger partial charge on any atom is 0.237 e. The highest BCUT2D eigenvalue weighted by molar-refractivity contribution is 8.00. The van der Waals surface area contributed by atoms with E-state index in [1.807, 2.05) is 26.0 Å². The van der Waals surface area contributed by atoms with Crippen molar-refractivity contribution in [3.8, 4) is 0 Å². The summed E-state index contributed by atoms with van der Waals surface area (Å²) in [5.74, 6) is 7.26. The van der Waals surface area contributed by atoms with Crippen molar-refractivity contribution in [2.24, 2.45) is 0 Å². The number of anilines is 1.